The van der Waals surface area contributed by atoms with Crippen LogP contribution < -0.4 is 10.2 Å². The van der Waals surface area contributed by atoms with Crippen molar-refractivity contribution in [2.45, 2.75) is 66.0 Å². The normalized spacial score (nSPS) is 20.4. The fourth-order valence-electron chi connectivity index (χ4n) is 2.90. The smallest absolute Gasteiger partial charge is 0.131 e. The molecule has 1 aliphatic rings. The summed E-state index contributed by atoms with van der Waals surface area (Å²) in [4.78, 5) is 7.23. The zero-order valence-corrected chi connectivity index (χ0v) is 14.4. The van der Waals surface area contributed by atoms with Crippen molar-refractivity contribution in [3.8, 4) is 0 Å². The Morgan fingerprint density at radius 3 is 2.71 bits per heavy atom. The maximum atomic E-state index is 4.76. The molecule has 2 rings (SSSR count). The summed E-state index contributed by atoms with van der Waals surface area (Å²) < 4.78 is 0. The highest BCUT2D eigenvalue weighted by molar-refractivity contribution is 5.47. The Morgan fingerprint density at radius 1 is 1.29 bits per heavy atom. The predicted molar refractivity (Wildman–Crippen MR) is 90.8 cm³/mol. The molecule has 1 aromatic heterocycles. The molecule has 1 saturated heterocycles. The van der Waals surface area contributed by atoms with Crippen molar-refractivity contribution in [1.82, 2.24) is 10.3 Å². The highest BCUT2D eigenvalue weighted by Crippen LogP contribution is 2.24. The van der Waals surface area contributed by atoms with Gasteiger partial charge in [-0.15, -0.1) is 0 Å². The maximum Gasteiger partial charge on any atom is 0.131 e. The van der Waals surface area contributed by atoms with Crippen molar-refractivity contribution in [2.75, 3.05) is 18.0 Å². The summed E-state index contributed by atoms with van der Waals surface area (Å²) in [5.41, 5.74) is 2.72. The topological polar surface area (TPSA) is 28.2 Å². The number of rotatable bonds is 3. The zero-order valence-electron chi connectivity index (χ0n) is 14.4. The van der Waals surface area contributed by atoms with Gasteiger partial charge in [0, 0.05) is 31.4 Å². The third-order valence-electron chi connectivity index (χ3n) is 4.25. The van der Waals surface area contributed by atoms with Crippen LogP contribution in [0.25, 0.3) is 0 Å². The molecule has 1 aromatic rings. The molecular formula is C18H31N3. The third kappa shape index (κ3) is 4.99. The summed E-state index contributed by atoms with van der Waals surface area (Å²) in [6.07, 6.45) is 5.96. The van der Waals surface area contributed by atoms with Gasteiger partial charge in [-0.05, 0) is 70.1 Å². The van der Waals surface area contributed by atoms with Crippen molar-refractivity contribution in [3.05, 3.63) is 23.4 Å². The van der Waals surface area contributed by atoms with Crippen molar-refractivity contribution in [1.29, 1.82) is 0 Å². The molecule has 3 heteroatoms. The van der Waals surface area contributed by atoms with Crippen molar-refractivity contribution in [3.63, 3.8) is 0 Å². The minimum atomic E-state index is 0.146. The van der Waals surface area contributed by atoms with E-state index in [2.05, 4.69) is 50.9 Å². The molecular weight excluding hydrogens is 258 g/mol. The molecule has 0 saturated carbocycles. The van der Waals surface area contributed by atoms with Gasteiger partial charge in [0.25, 0.3) is 0 Å². The molecule has 21 heavy (non-hydrogen) atoms. The summed E-state index contributed by atoms with van der Waals surface area (Å²) in [6.45, 7) is 14.3. The summed E-state index contributed by atoms with van der Waals surface area (Å²) in [6, 6.07) is 2.29. The van der Waals surface area contributed by atoms with Gasteiger partial charge in [0.1, 0.15) is 5.82 Å². The van der Waals surface area contributed by atoms with Gasteiger partial charge in [-0.2, -0.15) is 0 Å². The molecule has 0 aliphatic carbocycles. The van der Waals surface area contributed by atoms with Crippen LogP contribution in [0.5, 0.6) is 0 Å². The van der Waals surface area contributed by atoms with Crippen LogP contribution in [-0.2, 0) is 6.54 Å². The lowest BCUT2D eigenvalue weighted by atomic mass is 10.0. The molecule has 1 fully saturated rings. The molecule has 0 bridgehead atoms. The van der Waals surface area contributed by atoms with Crippen LogP contribution in [0.15, 0.2) is 12.3 Å². The lowest BCUT2D eigenvalue weighted by Gasteiger charge is -2.24. The molecule has 1 atom stereocenters. The highest BCUT2D eigenvalue weighted by atomic mass is 15.2. The Bertz CT molecular complexity index is 462. The molecule has 1 unspecified atom stereocenters. The Balaban J connectivity index is 2.04. The molecule has 0 radical (unpaired) electrons. The summed E-state index contributed by atoms with van der Waals surface area (Å²) in [5.74, 6) is 2.04. The van der Waals surface area contributed by atoms with E-state index in [9.17, 15) is 0 Å². The van der Waals surface area contributed by atoms with Crippen molar-refractivity contribution < 1.29 is 0 Å². The molecule has 2 heterocycles. The number of aromatic nitrogens is 1. The molecule has 118 valence electrons. The van der Waals surface area contributed by atoms with E-state index in [0.717, 1.165) is 25.6 Å². The first-order valence-corrected chi connectivity index (χ1v) is 8.30. The number of pyridine rings is 1. The van der Waals surface area contributed by atoms with Crippen LogP contribution in [-0.4, -0.2) is 23.6 Å². The first kappa shape index (κ1) is 16.3. The number of anilines is 1. The van der Waals surface area contributed by atoms with Gasteiger partial charge in [0.05, 0.1) is 0 Å². The fourth-order valence-corrected chi connectivity index (χ4v) is 2.90. The predicted octanol–water partition coefficient (Wildman–Crippen LogP) is 3.90. The first-order chi connectivity index (χ1) is 9.85. The monoisotopic (exact) mass is 289 g/mol. The quantitative estimate of drug-likeness (QED) is 0.914. The number of aryl methyl sites for hydroxylation is 1. The van der Waals surface area contributed by atoms with Gasteiger partial charge in [0.2, 0.25) is 0 Å². The van der Waals surface area contributed by atoms with E-state index in [4.69, 9.17) is 4.98 Å². The average molecular weight is 289 g/mol. The van der Waals surface area contributed by atoms with E-state index in [1.807, 2.05) is 6.20 Å². The van der Waals surface area contributed by atoms with Gasteiger partial charge >= 0.3 is 0 Å². The average Bonchev–Trinajstić information content (AvgIpc) is 2.61. The first-order valence-electron chi connectivity index (χ1n) is 8.30. The minimum absolute atomic E-state index is 0.146. The largest absolute Gasteiger partial charge is 0.356 e. The lowest BCUT2D eigenvalue weighted by Crippen LogP contribution is -2.35. The maximum absolute atomic E-state index is 4.76. The number of hydrogen-bond donors (Lipinski definition) is 1. The Labute approximate surface area is 130 Å². The molecule has 0 amide bonds. The molecule has 0 spiro atoms. The summed E-state index contributed by atoms with van der Waals surface area (Å²) in [7, 11) is 0. The molecule has 0 aromatic carbocycles. The highest BCUT2D eigenvalue weighted by Gasteiger charge is 2.17. The fraction of sp³-hybridized carbons (Fsp3) is 0.722. The summed E-state index contributed by atoms with van der Waals surface area (Å²) >= 11 is 0. The van der Waals surface area contributed by atoms with E-state index in [0.29, 0.717) is 0 Å². The van der Waals surface area contributed by atoms with Crippen LogP contribution in [0, 0.1) is 12.8 Å². The number of hydrogen-bond acceptors (Lipinski definition) is 3. The molecule has 3 nitrogen and oxygen atoms in total. The number of nitrogens with one attached hydrogen (secondary N) is 1. The van der Waals surface area contributed by atoms with Gasteiger partial charge in [-0.3, -0.25) is 0 Å². The van der Waals surface area contributed by atoms with Crippen molar-refractivity contribution >= 4 is 5.82 Å². The Morgan fingerprint density at radius 2 is 2.05 bits per heavy atom. The van der Waals surface area contributed by atoms with Crippen LogP contribution in [0.4, 0.5) is 5.82 Å². The Hall–Kier alpha value is -1.09. The minimum Gasteiger partial charge on any atom is -0.356 e. The second kappa shape index (κ2) is 6.78. The van der Waals surface area contributed by atoms with E-state index >= 15 is 0 Å². The van der Waals surface area contributed by atoms with Crippen LogP contribution >= 0.6 is 0 Å². The van der Waals surface area contributed by atoms with E-state index in [1.54, 1.807) is 0 Å². The van der Waals surface area contributed by atoms with E-state index in [-0.39, 0.29) is 5.54 Å². The van der Waals surface area contributed by atoms with Gasteiger partial charge in [-0.1, -0.05) is 6.92 Å². The standard InChI is InChI=1S/C18H31N3/c1-14-7-6-9-21(10-8-14)17-15(2)11-16(12-19-17)13-20-18(3,4)5/h11-12,14,20H,6-10,13H2,1-5H3. The van der Waals surface area contributed by atoms with Gasteiger partial charge in [0.15, 0.2) is 0 Å². The zero-order chi connectivity index (χ0) is 15.5. The molecule has 1 N–H and O–H groups in total. The van der Waals surface area contributed by atoms with E-state index in [1.165, 1.54) is 36.2 Å². The third-order valence-corrected chi connectivity index (χ3v) is 4.25. The second-order valence-corrected chi connectivity index (χ2v) is 7.61. The Kier molecular flexibility index (Phi) is 5.26. The van der Waals surface area contributed by atoms with E-state index < -0.39 is 0 Å². The van der Waals surface area contributed by atoms with Crippen molar-refractivity contribution in [2.24, 2.45) is 5.92 Å². The SMILES string of the molecule is Cc1cc(CNC(C)(C)C)cnc1N1CCCC(C)CC1. The van der Waals surface area contributed by atoms with Crippen LogP contribution in [0.1, 0.15) is 58.1 Å². The lowest BCUT2D eigenvalue weighted by molar-refractivity contribution is 0.424. The summed E-state index contributed by atoms with van der Waals surface area (Å²) in [5, 5.41) is 3.53. The molecule has 1 aliphatic heterocycles. The van der Waals surface area contributed by atoms with Crippen LogP contribution in [0.2, 0.25) is 0 Å². The van der Waals surface area contributed by atoms with Gasteiger partial charge in [-0.25, -0.2) is 4.98 Å². The second-order valence-electron chi connectivity index (χ2n) is 7.61. The number of nitrogens with zero attached hydrogens (tertiary/aromatic N) is 2. The van der Waals surface area contributed by atoms with Gasteiger partial charge < -0.3 is 10.2 Å². The van der Waals surface area contributed by atoms with Crippen LogP contribution in [0.3, 0.4) is 0 Å².